The minimum Gasteiger partial charge on any atom is -0.468 e. The van der Waals surface area contributed by atoms with Gasteiger partial charge < -0.3 is 14.4 Å². The fourth-order valence-electron chi connectivity index (χ4n) is 1.86. The van der Waals surface area contributed by atoms with Gasteiger partial charge in [-0.3, -0.25) is 14.5 Å². The fourth-order valence-corrected chi connectivity index (χ4v) is 1.86. The molecular weight excluding hydrogens is 312 g/mol. The summed E-state index contributed by atoms with van der Waals surface area (Å²) in [5.41, 5.74) is -0.688. The van der Waals surface area contributed by atoms with Crippen LogP contribution in [0.1, 0.15) is 27.7 Å². The summed E-state index contributed by atoms with van der Waals surface area (Å²) >= 11 is 0. The molecule has 0 N–H and O–H groups in total. The maximum atomic E-state index is 12.7. The molecule has 2 amide bonds. The van der Waals surface area contributed by atoms with Crippen LogP contribution in [0.5, 0.6) is 0 Å². The Labute approximate surface area is 143 Å². The maximum Gasteiger partial charge on any atom is 0.411 e. The second-order valence-corrected chi connectivity index (χ2v) is 6.18. The molecule has 0 radical (unpaired) electrons. The van der Waals surface area contributed by atoms with E-state index >= 15 is 0 Å². The molecule has 24 heavy (non-hydrogen) atoms. The molecule has 0 aliphatic heterocycles. The standard InChI is InChI=1S/C17H28N2O5/c1-8-10-18(12-14(20)23-7)15(21)13(3)19(11-9-2)16(22)24-17(4,5)6/h8-9,13H,1-2,10-12H2,3-7H3/t13-/m0/s1. The van der Waals surface area contributed by atoms with E-state index in [4.69, 9.17) is 4.74 Å². The Kier molecular flexibility index (Phi) is 8.81. The molecule has 1 atom stereocenters. The lowest BCUT2D eigenvalue weighted by Crippen LogP contribution is -2.51. The quantitative estimate of drug-likeness (QED) is 0.499. The third-order valence-corrected chi connectivity index (χ3v) is 2.99. The monoisotopic (exact) mass is 340 g/mol. The predicted octanol–water partition coefficient (Wildman–Crippen LogP) is 1.99. The lowest BCUT2D eigenvalue weighted by atomic mass is 10.2. The van der Waals surface area contributed by atoms with Crippen LogP contribution in [0.25, 0.3) is 0 Å². The van der Waals surface area contributed by atoms with Crippen molar-refractivity contribution in [1.82, 2.24) is 9.80 Å². The molecule has 0 rings (SSSR count). The van der Waals surface area contributed by atoms with Crippen LogP contribution in [0.3, 0.4) is 0 Å². The number of ether oxygens (including phenoxy) is 2. The van der Waals surface area contributed by atoms with Crippen molar-refractivity contribution in [2.45, 2.75) is 39.3 Å². The van der Waals surface area contributed by atoms with Crippen LogP contribution in [0, 0.1) is 0 Å². The zero-order chi connectivity index (χ0) is 18.9. The normalized spacial score (nSPS) is 11.9. The third-order valence-electron chi connectivity index (χ3n) is 2.99. The molecule has 0 heterocycles. The van der Waals surface area contributed by atoms with Gasteiger partial charge in [0.05, 0.1) is 7.11 Å². The van der Waals surface area contributed by atoms with E-state index in [2.05, 4.69) is 17.9 Å². The largest absolute Gasteiger partial charge is 0.468 e. The summed E-state index contributed by atoms with van der Waals surface area (Å²) in [5, 5.41) is 0. The summed E-state index contributed by atoms with van der Waals surface area (Å²) in [6, 6.07) is -0.831. The Morgan fingerprint density at radius 2 is 1.67 bits per heavy atom. The highest BCUT2D eigenvalue weighted by Gasteiger charge is 2.32. The molecule has 0 aromatic rings. The zero-order valence-corrected chi connectivity index (χ0v) is 15.2. The van der Waals surface area contributed by atoms with Crippen molar-refractivity contribution in [3.05, 3.63) is 25.3 Å². The topological polar surface area (TPSA) is 76.2 Å². The zero-order valence-electron chi connectivity index (χ0n) is 15.2. The van der Waals surface area contributed by atoms with Crippen molar-refractivity contribution in [2.24, 2.45) is 0 Å². The number of amides is 2. The van der Waals surface area contributed by atoms with Crippen molar-refractivity contribution in [3.63, 3.8) is 0 Å². The molecule has 0 fully saturated rings. The van der Waals surface area contributed by atoms with Crippen LogP contribution in [0.2, 0.25) is 0 Å². The number of hydrogen-bond donors (Lipinski definition) is 0. The molecule has 0 aliphatic rings. The summed E-state index contributed by atoms with van der Waals surface area (Å²) in [4.78, 5) is 39.0. The summed E-state index contributed by atoms with van der Waals surface area (Å²) in [6.45, 7) is 14.0. The van der Waals surface area contributed by atoms with Crippen molar-refractivity contribution in [2.75, 3.05) is 26.7 Å². The van der Waals surface area contributed by atoms with E-state index in [1.54, 1.807) is 27.7 Å². The minimum absolute atomic E-state index is 0.141. The minimum atomic E-state index is -0.831. The smallest absolute Gasteiger partial charge is 0.411 e. The summed E-state index contributed by atoms with van der Waals surface area (Å²) < 4.78 is 9.91. The van der Waals surface area contributed by atoms with Gasteiger partial charge >= 0.3 is 12.1 Å². The Balaban J connectivity index is 5.28. The predicted molar refractivity (Wildman–Crippen MR) is 91.4 cm³/mol. The van der Waals surface area contributed by atoms with E-state index < -0.39 is 29.6 Å². The van der Waals surface area contributed by atoms with Gasteiger partial charge in [-0.25, -0.2) is 4.79 Å². The molecule has 0 aliphatic carbocycles. The van der Waals surface area contributed by atoms with E-state index in [1.807, 2.05) is 0 Å². The number of methoxy groups -OCH3 is 1. The van der Waals surface area contributed by atoms with Gasteiger partial charge in [0.2, 0.25) is 5.91 Å². The average molecular weight is 340 g/mol. The van der Waals surface area contributed by atoms with Gasteiger partial charge in [0.15, 0.2) is 0 Å². The van der Waals surface area contributed by atoms with Crippen molar-refractivity contribution in [1.29, 1.82) is 0 Å². The second-order valence-electron chi connectivity index (χ2n) is 6.18. The Hall–Kier alpha value is -2.31. The molecule has 0 aromatic heterocycles. The van der Waals surface area contributed by atoms with Gasteiger partial charge in [-0.15, -0.1) is 13.2 Å². The molecule has 0 bridgehead atoms. The van der Waals surface area contributed by atoms with Crippen molar-refractivity contribution >= 4 is 18.0 Å². The van der Waals surface area contributed by atoms with Crippen LogP contribution in [0.15, 0.2) is 25.3 Å². The number of carbonyl (C=O) groups is 3. The first kappa shape index (κ1) is 21.7. The average Bonchev–Trinajstić information content (AvgIpc) is 2.48. The van der Waals surface area contributed by atoms with Gasteiger partial charge in [0, 0.05) is 13.1 Å². The molecule has 7 nitrogen and oxygen atoms in total. The van der Waals surface area contributed by atoms with Crippen LogP contribution >= 0.6 is 0 Å². The molecular formula is C17H28N2O5. The first-order valence-corrected chi connectivity index (χ1v) is 7.64. The second kappa shape index (κ2) is 9.75. The molecule has 7 heteroatoms. The van der Waals surface area contributed by atoms with Crippen LogP contribution in [0.4, 0.5) is 4.79 Å². The van der Waals surface area contributed by atoms with Gasteiger partial charge in [-0.05, 0) is 27.7 Å². The van der Waals surface area contributed by atoms with Gasteiger partial charge in [-0.1, -0.05) is 12.2 Å². The molecule has 0 saturated carbocycles. The van der Waals surface area contributed by atoms with Crippen molar-refractivity contribution in [3.8, 4) is 0 Å². The van der Waals surface area contributed by atoms with E-state index in [0.29, 0.717) is 0 Å². The molecule has 0 aromatic carbocycles. The van der Waals surface area contributed by atoms with E-state index in [1.165, 1.54) is 29.1 Å². The van der Waals surface area contributed by atoms with Gasteiger partial charge in [-0.2, -0.15) is 0 Å². The first-order chi connectivity index (χ1) is 11.1. The molecule has 136 valence electrons. The number of rotatable bonds is 8. The molecule has 0 saturated heterocycles. The fraction of sp³-hybridized carbons (Fsp3) is 0.588. The van der Waals surface area contributed by atoms with E-state index in [9.17, 15) is 14.4 Å². The lowest BCUT2D eigenvalue weighted by Gasteiger charge is -2.32. The summed E-state index contributed by atoms with van der Waals surface area (Å²) in [6.07, 6.45) is 2.38. The van der Waals surface area contributed by atoms with Gasteiger partial charge in [0.1, 0.15) is 18.2 Å². The van der Waals surface area contributed by atoms with E-state index in [-0.39, 0.29) is 19.6 Å². The highest BCUT2D eigenvalue weighted by atomic mass is 16.6. The van der Waals surface area contributed by atoms with E-state index in [0.717, 1.165) is 0 Å². The lowest BCUT2D eigenvalue weighted by molar-refractivity contribution is -0.148. The Morgan fingerprint density at radius 3 is 2.08 bits per heavy atom. The van der Waals surface area contributed by atoms with Crippen LogP contribution in [-0.4, -0.2) is 66.2 Å². The highest BCUT2D eigenvalue weighted by Crippen LogP contribution is 2.13. The third kappa shape index (κ3) is 7.30. The Bertz CT molecular complexity index is 482. The number of nitrogens with zero attached hydrogens (tertiary/aromatic N) is 2. The summed E-state index contributed by atoms with van der Waals surface area (Å²) in [5.74, 6) is -0.960. The van der Waals surface area contributed by atoms with Crippen LogP contribution in [-0.2, 0) is 19.1 Å². The van der Waals surface area contributed by atoms with Gasteiger partial charge in [0.25, 0.3) is 0 Å². The summed E-state index contributed by atoms with van der Waals surface area (Å²) in [7, 11) is 1.24. The van der Waals surface area contributed by atoms with Crippen molar-refractivity contribution < 1.29 is 23.9 Å². The highest BCUT2D eigenvalue weighted by molar-refractivity contribution is 5.88. The molecule has 0 spiro atoms. The number of esters is 1. The first-order valence-electron chi connectivity index (χ1n) is 7.64. The number of hydrogen-bond acceptors (Lipinski definition) is 5. The Morgan fingerprint density at radius 1 is 1.12 bits per heavy atom. The SMILES string of the molecule is C=CCN(CC(=O)OC)C(=O)[C@H](C)N(CC=C)C(=O)OC(C)(C)C. The van der Waals surface area contributed by atoms with Crippen LogP contribution < -0.4 is 0 Å². The molecule has 0 unspecified atom stereocenters. The maximum absolute atomic E-state index is 12.7. The number of carbonyl (C=O) groups excluding carboxylic acids is 3.